The number of hydrogen-bond donors (Lipinski definition) is 2. The van der Waals surface area contributed by atoms with Crippen molar-refractivity contribution in [2.75, 3.05) is 12.4 Å². The van der Waals surface area contributed by atoms with E-state index in [-0.39, 0.29) is 0 Å². The largest absolute Gasteiger partial charge is 0.497 e. The van der Waals surface area contributed by atoms with Crippen molar-refractivity contribution in [2.45, 2.75) is 6.54 Å². The van der Waals surface area contributed by atoms with Gasteiger partial charge in [0.1, 0.15) is 5.75 Å². The van der Waals surface area contributed by atoms with Crippen molar-refractivity contribution in [1.82, 2.24) is 4.98 Å². The zero-order valence-corrected chi connectivity index (χ0v) is 10.8. The number of rotatable bonds is 4. The number of hydrogen-bond acceptors (Lipinski definition) is 2. The molecular formula is C16H16N2O. The Morgan fingerprint density at radius 2 is 2.05 bits per heavy atom. The minimum Gasteiger partial charge on any atom is -0.497 e. The third-order valence-electron chi connectivity index (χ3n) is 3.18. The molecule has 3 rings (SSSR count). The molecule has 2 N–H and O–H groups in total. The molecule has 0 atom stereocenters. The molecule has 2 aromatic carbocycles. The van der Waals surface area contributed by atoms with Gasteiger partial charge < -0.3 is 15.0 Å². The van der Waals surface area contributed by atoms with E-state index in [1.54, 1.807) is 7.11 Å². The molecule has 0 aliphatic carbocycles. The molecule has 3 nitrogen and oxygen atoms in total. The van der Waals surface area contributed by atoms with E-state index in [0.717, 1.165) is 23.5 Å². The Morgan fingerprint density at radius 1 is 1.11 bits per heavy atom. The van der Waals surface area contributed by atoms with E-state index in [1.165, 1.54) is 10.9 Å². The van der Waals surface area contributed by atoms with Gasteiger partial charge in [0.2, 0.25) is 0 Å². The summed E-state index contributed by atoms with van der Waals surface area (Å²) in [7, 11) is 1.69. The average Bonchev–Trinajstić information content (AvgIpc) is 2.93. The van der Waals surface area contributed by atoms with Crippen LogP contribution in [0.15, 0.2) is 54.7 Å². The molecule has 1 aromatic heterocycles. The van der Waals surface area contributed by atoms with Crippen LogP contribution in [0.2, 0.25) is 0 Å². The molecule has 1 heterocycles. The first kappa shape index (κ1) is 11.7. The van der Waals surface area contributed by atoms with E-state index in [0.29, 0.717) is 0 Å². The second-order valence-electron chi connectivity index (χ2n) is 4.48. The normalized spacial score (nSPS) is 10.6. The third-order valence-corrected chi connectivity index (χ3v) is 3.18. The fraction of sp³-hybridized carbons (Fsp3) is 0.125. The Labute approximate surface area is 112 Å². The molecule has 96 valence electrons. The Balaban J connectivity index is 1.74. The zero-order valence-electron chi connectivity index (χ0n) is 10.8. The second-order valence-corrected chi connectivity index (χ2v) is 4.48. The Bertz CT molecular complexity index is 688. The molecule has 0 aliphatic heterocycles. The first-order valence-electron chi connectivity index (χ1n) is 6.29. The molecule has 0 spiro atoms. The van der Waals surface area contributed by atoms with Crippen molar-refractivity contribution in [1.29, 1.82) is 0 Å². The van der Waals surface area contributed by atoms with Gasteiger partial charge in [-0.2, -0.15) is 0 Å². The van der Waals surface area contributed by atoms with Gasteiger partial charge in [0.25, 0.3) is 0 Å². The van der Waals surface area contributed by atoms with Gasteiger partial charge in [0.05, 0.1) is 7.11 Å². The lowest BCUT2D eigenvalue weighted by Gasteiger charge is -2.08. The van der Waals surface area contributed by atoms with Crippen LogP contribution in [0.5, 0.6) is 5.75 Å². The molecule has 19 heavy (non-hydrogen) atoms. The smallest absolute Gasteiger partial charge is 0.119 e. The molecule has 0 bridgehead atoms. The van der Waals surface area contributed by atoms with Crippen LogP contribution in [0.25, 0.3) is 10.9 Å². The highest BCUT2D eigenvalue weighted by Crippen LogP contribution is 2.19. The van der Waals surface area contributed by atoms with Crippen LogP contribution in [0.4, 0.5) is 5.69 Å². The van der Waals surface area contributed by atoms with Crippen molar-refractivity contribution < 1.29 is 4.74 Å². The second kappa shape index (κ2) is 5.06. The van der Waals surface area contributed by atoms with Crippen molar-refractivity contribution in [3.05, 3.63) is 60.3 Å². The van der Waals surface area contributed by atoms with E-state index in [2.05, 4.69) is 40.6 Å². The van der Waals surface area contributed by atoms with Crippen LogP contribution >= 0.6 is 0 Å². The minimum absolute atomic E-state index is 0.785. The molecule has 0 radical (unpaired) electrons. The average molecular weight is 252 g/mol. The first-order valence-corrected chi connectivity index (χ1v) is 6.29. The highest BCUT2D eigenvalue weighted by atomic mass is 16.5. The fourth-order valence-electron chi connectivity index (χ4n) is 2.15. The monoisotopic (exact) mass is 252 g/mol. The quantitative estimate of drug-likeness (QED) is 0.741. The standard InChI is InChI=1S/C16H16N2O/c1-19-15-4-2-3-12(9-15)11-18-14-5-6-16-13(10-14)7-8-17-16/h2-10,17-18H,11H2,1H3. The topological polar surface area (TPSA) is 37.0 Å². The predicted octanol–water partition coefficient (Wildman–Crippen LogP) is 3.79. The molecule has 3 heteroatoms. The van der Waals surface area contributed by atoms with Crippen LogP contribution in [0.3, 0.4) is 0 Å². The number of aromatic nitrogens is 1. The van der Waals surface area contributed by atoms with Gasteiger partial charge in [-0.05, 0) is 42.0 Å². The van der Waals surface area contributed by atoms with Gasteiger partial charge in [-0.3, -0.25) is 0 Å². The number of H-pyrrole nitrogens is 1. The maximum Gasteiger partial charge on any atom is 0.119 e. The summed E-state index contributed by atoms with van der Waals surface area (Å²) in [5.41, 5.74) is 3.48. The Hall–Kier alpha value is -2.42. The number of aromatic amines is 1. The van der Waals surface area contributed by atoms with Crippen LogP contribution in [-0.2, 0) is 6.54 Å². The summed E-state index contributed by atoms with van der Waals surface area (Å²) in [6.45, 7) is 0.785. The van der Waals surface area contributed by atoms with Crippen LogP contribution in [0.1, 0.15) is 5.56 Å². The minimum atomic E-state index is 0.785. The van der Waals surface area contributed by atoms with Gasteiger partial charge in [-0.1, -0.05) is 12.1 Å². The first-order chi connectivity index (χ1) is 9.35. The van der Waals surface area contributed by atoms with Crippen molar-refractivity contribution in [3.8, 4) is 5.75 Å². The summed E-state index contributed by atoms with van der Waals surface area (Å²) in [6.07, 6.45) is 1.95. The van der Waals surface area contributed by atoms with Crippen LogP contribution < -0.4 is 10.1 Å². The highest BCUT2D eigenvalue weighted by molar-refractivity contribution is 5.82. The molecule has 0 aliphatic rings. The number of anilines is 1. The maximum absolute atomic E-state index is 5.22. The van der Waals surface area contributed by atoms with Crippen molar-refractivity contribution in [3.63, 3.8) is 0 Å². The lowest BCUT2D eigenvalue weighted by molar-refractivity contribution is 0.414. The molecule has 0 saturated carbocycles. The molecular weight excluding hydrogens is 236 g/mol. The third kappa shape index (κ3) is 2.55. The summed E-state index contributed by atoms with van der Waals surface area (Å²) in [5.74, 6) is 0.889. The van der Waals surface area contributed by atoms with Crippen molar-refractivity contribution in [2.24, 2.45) is 0 Å². The van der Waals surface area contributed by atoms with E-state index in [4.69, 9.17) is 4.74 Å². The number of methoxy groups -OCH3 is 1. The van der Waals surface area contributed by atoms with Gasteiger partial charge in [0.15, 0.2) is 0 Å². The summed E-state index contributed by atoms with van der Waals surface area (Å²) in [6, 6.07) is 16.5. The molecule has 0 amide bonds. The Kier molecular flexibility index (Phi) is 3.11. The lowest BCUT2D eigenvalue weighted by Crippen LogP contribution is -1.99. The number of nitrogens with one attached hydrogen (secondary N) is 2. The van der Waals surface area contributed by atoms with E-state index in [9.17, 15) is 0 Å². The van der Waals surface area contributed by atoms with E-state index >= 15 is 0 Å². The SMILES string of the molecule is COc1cccc(CNc2ccc3[nH]ccc3c2)c1. The van der Waals surface area contributed by atoms with Gasteiger partial charge in [-0.15, -0.1) is 0 Å². The van der Waals surface area contributed by atoms with E-state index < -0.39 is 0 Å². The molecule has 0 unspecified atom stereocenters. The summed E-state index contributed by atoms with van der Waals surface area (Å²) in [5, 5.41) is 4.64. The number of ether oxygens (including phenoxy) is 1. The number of benzene rings is 2. The summed E-state index contributed by atoms with van der Waals surface area (Å²) in [4.78, 5) is 3.19. The van der Waals surface area contributed by atoms with Crippen molar-refractivity contribution >= 4 is 16.6 Å². The maximum atomic E-state index is 5.22. The van der Waals surface area contributed by atoms with Crippen LogP contribution in [-0.4, -0.2) is 12.1 Å². The predicted molar refractivity (Wildman–Crippen MR) is 78.6 cm³/mol. The lowest BCUT2D eigenvalue weighted by atomic mass is 10.2. The summed E-state index contributed by atoms with van der Waals surface area (Å²) < 4.78 is 5.22. The van der Waals surface area contributed by atoms with Gasteiger partial charge >= 0.3 is 0 Å². The Morgan fingerprint density at radius 3 is 2.95 bits per heavy atom. The molecule has 0 saturated heterocycles. The molecule has 0 fully saturated rings. The van der Waals surface area contributed by atoms with Gasteiger partial charge in [-0.25, -0.2) is 0 Å². The fourth-order valence-corrected chi connectivity index (χ4v) is 2.15. The van der Waals surface area contributed by atoms with Crippen LogP contribution in [0, 0.1) is 0 Å². The van der Waals surface area contributed by atoms with E-state index in [1.807, 2.05) is 24.4 Å². The highest BCUT2D eigenvalue weighted by Gasteiger charge is 1.99. The number of fused-ring (bicyclic) bond motifs is 1. The van der Waals surface area contributed by atoms with Gasteiger partial charge in [0, 0.05) is 29.3 Å². The zero-order chi connectivity index (χ0) is 13.1. The molecule has 3 aromatic rings. The summed E-state index contributed by atoms with van der Waals surface area (Å²) >= 11 is 0.